The number of carbonyl (C=O) groups excluding carboxylic acids is 1. The molecule has 4 aromatic rings. The third-order valence-electron chi connectivity index (χ3n) is 5.10. The summed E-state index contributed by atoms with van der Waals surface area (Å²) >= 11 is 0. The van der Waals surface area contributed by atoms with Crippen LogP contribution in [0.15, 0.2) is 84.1 Å². The molecule has 0 radical (unpaired) electrons. The Bertz CT molecular complexity index is 1240. The van der Waals surface area contributed by atoms with Crippen molar-refractivity contribution < 1.29 is 9.53 Å². The summed E-state index contributed by atoms with van der Waals surface area (Å²) in [5.41, 5.74) is 6.04. The zero-order chi connectivity index (χ0) is 21.8. The number of nitrogens with zero attached hydrogens (tertiary/aromatic N) is 3. The number of methoxy groups -OCH3 is 1. The van der Waals surface area contributed by atoms with E-state index in [1.54, 1.807) is 13.3 Å². The van der Waals surface area contributed by atoms with Crippen molar-refractivity contribution in [3.63, 3.8) is 0 Å². The van der Waals surface area contributed by atoms with Gasteiger partial charge in [0.05, 0.1) is 24.6 Å². The van der Waals surface area contributed by atoms with E-state index in [1.807, 2.05) is 85.5 Å². The van der Waals surface area contributed by atoms with Gasteiger partial charge in [-0.1, -0.05) is 24.3 Å². The Hall–Kier alpha value is -4.06. The van der Waals surface area contributed by atoms with Crippen molar-refractivity contribution >= 4 is 28.6 Å². The Labute approximate surface area is 181 Å². The summed E-state index contributed by atoms with van der Waals surface area (Å²) in [7, 11) is 5.57. The smallest absolute Gasteiger partial charge is 0.275 e. The summed E-state index contributed by atoms with van der Waals surface area (Å²) < 4.78 is 7.42. The zero-order valence-electron chi connectivity index (χ0n) is 17.7. The largest absolute Gasteiger partial charge is 0.496 e. The van der Waals surface area contributed by atoms with Gasteiger partial charge in [0, 0.05) is 31.7 Å². The van der Waals surface area contributed by atoms with Crippen molar-refractivity contribution in [2.24, 2.45) is 5.10 Å². The first-order valence-corrected chi connectivity index (χ1v) is 9.92. The summed E-state index contributed by atoms with van der Waals surface area (Å²) in [6.07, 6.45) is 3.59. The van der Waals surface area contributed by atoms with Crippen LogP contribution >= 0.6 is 0 Å². The van der Waals surface area contributed by atoms with Crippen LogP contribution in [0.25, 0.3) is 16.5 Å². The zero-order valence-corrected chi connectivity index (χ0v) is 17.7. The highest BCUT2D eigenvalue weighted by Gasteiger charge is 2.13. The molecular formula is C25H24N4O2. The van der Waals surface area contributed by atoms with Crippen molar-refractivity contribution in [3.8, 4) is 11.4 Å². The van der Waals surface area contributed by atoms with E-state index in [4.69, 9.17) is 4.74 Å². The number of ether oxygens (including phenoxy) is 1. The molecule has 0 fully saturated rings. The molecule has 0 aliphatic heterocycles. The molecule has 0 atom stereocenters. The lowest BCUT2D eigenvalue weighted by atomic mass is 10.1. The third-order valence-corrected chi connectivity index (χ3v) is 5.10. The molecule has 156 valence electrons. The van der Waals surface area contributed by atoms with Crippen LogP contribution in [0, 0.1) is 0 Å². The number of hydrogen-bond acceptors (Lipinski definition) is 4. The highest BCUT2D eigenvalue weighted by Crippen LogP contribution is 2.26. The molecule has 1 N–H and O–H groups in total. The van der Waals surface area contributed by atoms with Crippen LogP contribution in [0.1, 0.15) is 16.1 Å². The number of anilines is 1. The number of amides is 1. The molecule has 0 saturated carbocycles. The second-order valence-electron chi connectivity index (χ2n) is 7.31. The van der Waals surface area contributed by atoms with E-state index >= 15 is 0 Å². The van der Waals surface area contributed by atoms with Crippen LogP contribution in [0.5, 0.6) is 5.75 Å². The highest BCUT2D eigenvalue weighted by molar-refractivity contribution is 6.01. The summed E-state index contributed by atoms with van der Waals surface area (Å²) in [5.74, 6) is 0.183. The first kappa shape index (κ1) is 20.2. The molecule has 31 heavy (non-hydrogen) atoms. The molecule has 1 amide bonds. The Morgan fingerprint density at radius 1 is 1.00 bits per heavy atom. The van der Waals surface area contributed by atoms with Crippen molar-refractivity contribution in [2.45, 2.75) is 0 Å². The molecule has 1 aromatic heterocycles. The molecule has 4 rings (SSSR count). The quantitative estimate of drug-likeness (QED) is 0.376. The molecule has 0 aliphatic carbocycles. The van der Waals surface area contributed by atoms with Crippen LogP contribution in [-0.4, -0.2) is 37.9 Å². The fourth-order valence-electron chi connectivity index (χ4n) is 3.43. The number of benzene rings is 3. The first-order chi connectivity index (χ1) is 15.1. The van der Waals surface area contributed by atoms with Crippen LogP contribution in [0.3, 0.4) is 0 Å². The fraction of sp³-hybridized carbons (Fsp3) is 0.120. The molecule has 3 aromatic carbocycles. The lowest BCUT2D eigenvalue weighted by molar-refractivity contribution is 0.0952. The Balaban J connectivity index is 1.53. The highest BCUT2D eigenvalue weighted by atomic mass is 16.5. The molecule has 0 saturated heterocycles. The van der Waals surface area contributed by atoms with E-state index in [0.29, 0.717) is 11.3 Å². The molecular weight excluding hydrogens is 388 g/mol. The van der Waals surface area contributed by atoms with Gasteiger partial charge < -0.3 is 14.2 Å². The van der Waals surface area contributed by atoms with Gasteiger partial charge in [-0.05, 0) is 59.3 Å². The topological polar surface area (TPSA) is 58.9 Å². The van der Waals surface area contributed by atoms with Crippen molar-refractivity contribution in [2.75, 3.05) is 26.1 Å². The van der Waals surface area contributed by atoms with E-state index < -0.39 is 0 Å². The fourth-order valence-corrected chi connectivity index (χ4v) is 3.43. The number of aromatic nitrogens is 1. The molecule has 1 heterocycles. The van der Waals surface area contributed by atoms with Crippen molar-refractivity contribution in [1.82, 2.24) is 9.99 Å². The maximum Gasteiger partial charge on any atom is 0.275 e. The Morgan fingerprint density at radius 2 is 1.71 bits per heavy atom. The minimum Gasteiger partial charge on any atom is -0.496 e. The average Bonchev–Trinajstić information content (AvgIpc) is 3.26. The van der Waals surface area contributed by atoms with E-state index in [9.17, 15) is 4.79 Å². The second-order valence-corrected chi connectivity index (χ2v) is 7.31. The summed E-state index contributed by atoms with van der Waals surface area (Å²) in [6.45, 7) is 0. The van der Waals surface area contributed by atoms with Gasteiger partial charge in [-0.25, -0.2) is 5.43 Å². The summed E-state index contributed by atoms with van der Waals surface area (Å²) in [4.78, 5) is 14.8. The first-order valence-electron chi connectivity index (χ1n) is 9.92. The standard InChI is InChI=1S/C25H24N4O2/c1-28(2)20-10-12-21(13-11-20)29-14-6-9-22(29)17-26-27-25(30)23-15-18-7-4-5-8-19(18)16-24(23)31-3/h4-17H,1-3H3,(H,27,30). The molecule has 0 unspecified atom stereocenters. The summed E-state index contributed by atoms with van der Waals surface area (Å²) in [6, 6.07) is 23.6. The number of rotatable bonds is 6. The molecule has 6 nitrogen and oxygen atoms in total. The predicted molar refractivity (Wildman–Crippen MR) is 126 cm³/mol. The van der Waals surface area contributed by atoms with Crippen LogP contribution in [0.4, 0.5) is 5.69 Å². The molecule has 0 bridgehead atoms. The van der Waals surface area contributed by atoms with E-state index in [1.165, 1.54) is 0 Å². The Kier molecular flexibility index (Phi) is 5.71. The van der Waals surface area contributed by atoms with Gasteiger partial charge in [-0.3, -0.25) is 4.79 Å². The van der Waals surface area contributed by atoms with Gasteiger partial charge in [-0.2, -0.15) is 5.10 Å². The van der Waals surface area contributed by atoms with Gasteiger partial charge in [-0.15, -0.1) is 0 Å². The van der Waals surface area contributed by atoms with Crippen molar-refractivity contribution in [3.05, 3.63) is 90.3 Å². The van der Waals surface area contributed by atoms with Gasteiger partial charge in [0.2, 0.25) is 0 Å². The average molecular weight is 412 g/mol. The third kappa shape index (κ3) is 4.28. The normalized spacial score (nSPS) is 11.1. The van der Waals surface area contributed by atoms with Gasteiger partial charge >= 0.3 is 0 Å². The van der Waals surface area contributed by atoms with Crippen LogP contribution < -0.4 is 15.1 Å². The van der Waals surface area contributed by atoms with Crippen molar-refractivity contribution in [1.29, 1.82) is 0 Å². The molecule has 0 aliphatic rings. The predicted octanol–water partition coefficient (Wildman–Crippen LogP) is 4.47. The number of fused-ring (bicyclic) bond motifs is 1. The lowest BCUT2D eigenvalue weighted by Gasteiger charge is -2.13. The minimum atomic E-state index is -0.327. The minimum absolute atomic E-state index is 0.327. The number of nitrogens with one attached hydrogen (secondary N) is 1. The molecule has 0 spiro atoms. The van der Waals surface area contributed by atoms with Gasteiger partial charge in [0.25, 0.3) is 5.91 Å². The van der Waals surface area contributed by atoms with Crippen LogP contribution in [0.2, 0.25) is 0 Å². The molecule has 6 heteroatoms. The maximum atomic E-state index is 12.7. The number of hydrogen-bond donors (Lipinski definition) is 1. The van der Waals surface area contributed by atoms with Crippen LogP contribution in [-0.2, 0) is 0 Å². The Morgan fingerprint density at radius 3 is 2.39 bits per heavy atom. The lowest BCUT2D eigenvalue weighted by Crippen LogP contribution is -2.18. The second kappa shape index (κ2) is 8.75. The SMILES string of the molecule is COc1cc2ccccc2cc1C(=O)NN=Cc1cccn1-c1ccc(N(C)C)cc1. The maximum absolute atomic E-state index is 12.7. The monoisotopic (exact) mass is 412 g/mol. The van der Waals surface area contributed by atoms with E-state index in [0.717, 1.165) is 27.8 Å². The van der Waals surface area contributed by atoms with E-state index in [2.05, 4.69) is 27.6 Å². The summed E-state index contributed by atoms with van der Waals surface area (Å²) in [5, 5.41) is 6.15. The number of hydrazone groups is 1. The van der Waals surface area contributed by atoms with E-state index in [-0.39, 0.29) is 5.91 Å². The van der Waals surface area contributed by atoms with Gasteiger partial charge in [0.15, 0.2) is 0 Å². The van der Waals surface area contributed by atoms with Gasteiger partial charge in [0.1, 0.15) is 5.75 Å². The number of carbonyl (C=O) groups is 1.